The van der Waals surface area contributed by atoms with Crippen molar-refractivity contribution in [1.29, 1.82) is 0 Å². The van der Waals surface area contributed by atoms with Gasteiger partial charge in [-0.15, -0.1) is 0 Å². The summed E-state index contributed by atoms with van der Waals surface area (Å²) in [6, 6.07) is 4.68. The number of benzene rings is 1. The lowest BCUT2D eigenvalue weighted by Crippen LogP contribution is -2.29. The molecule has 2 N–H and O–H groups in total. The van der Waals surface area contributed by atoms with Crippen LogP contribution in [0.1, 0.15) is 20.8 Å². The molecule has 0 aliphatic carbocycles. The van der Waals surface area contributed by atoms with E-state index in [-0.39, 0.29) is 5.41 Å². The van der Waals surface area contributed by atoms with Crippen LogP contribution in [-0.4, -0.2) is 23.8 Å². The Kier molecular flexibility index (Phi) is 4.24. The van der Waals surface area contributed by atoms with E-state index in [1.54, 1.807) is 18.2 Å². The number of halogens is 1. The Labute approximate surface area is 101 Å². The monoisotopic (exact) mass is 242 g/mol. The van der Waals surface area contributed by atoms with E-state index in [9.17, 15) is 0 Å². The topological polar surface area (TPSA) is 49.7 Å². The largest absolute Gasteiger partial charge is 0.492 e. The number of rotatable bonds is 3. The van der Waals surface area contributed by atoms with Gasteiger partial charge in [0.1, 0.15) is 5.75 Å². The van der Waals surface area contributed by atoms with Crippen LogP contribution < -0.4 is 10.2 Å². The summed E-state index contributed by atoms with van der Waals surface area (Å²) in [6.45, 7) is 6.65. The molecule has 0 radical (unpaired) electrons. The lowest BCUT2D eigenvalue weighted by molar-refractivity contribution is 0.198. The molecule has 0 aliphatic rings. The zero-order valence-corrected chi connectivity index (χ0v) is 10.5. The van der Waals surface area contributed by atoms with E-state index in [2.05, 4.69) is 0 Å². The minimum absolute atomic E-state index is 0.0250. The third kappa shape index (κ3) is 4.04. The molecule has 0 aliphatic heterocycles. The lowest BCUT2D eigenvalue weighted by Gasteiger charge is -2.19. The Morgan fingerprint density at radius 2 is 1.94 bits per heavy atom. The first-order valence-corrected chi connectivity index (χ1v) is 5.46. The predicted octanol–water partition coefficient (Wildman–Crippen LogP) is 1.44. The number of hydrogen-bond donors (Lipinski definition) is 2. The van der Waals surface area contributed by atoms with E-state index < -0.39 is 7.12 Å². The van der Waals surface area contributed by atoms with Gasteiger partial charge >= 0.3 is 7.12 Å². The Morgan fingerprint density at radius 3 is 2.44 bits per heavy atom. The first-order chi connectivity index (χ1) is 7.29. The SMILES string of the molecule is CC(C)(C)COc1cc(B(O)O)ccc1Cl. The molecule has 0 spiro atoms. The van der Waals surface area contributed by atoms with Crippen LogP contribution in [0.25, 0.3) is 0 Å². The van der Waals surface area contributed by atoms with Gasteiger partial charge in [0.15, 0.2) is 0 Å². The van der Waals surface area contributed by atoms with Gasteiger partial charge < -0.3 is 14.8 Å². The van der Waals surface area contributed by atoms with Crippen molar-refractivity contribution in [3.63, 3.8) is 0 Å². The van der Waals surface area contributed by atoms with Crippen LogP contribution in [0.2, 0.25) is 5.02 Å². The van der Waals surface area contributed by atoms with Gasteiger partial charge in [-0.3, -0.25) is 0 Å². The van der Waals surface area contributed by atoms with Crippen LogP contribution in [0, 0.1) is 5.41 Å². The van der Waals surface area contributed by atoms with E-state index in [1.807, 2.05) is 20.8 Å². The molecule has 16 heavy (non-hydrogen) atoms. The predicted molar refractivity (Wildman–Crippen MR) is 66.2 cm³/mol. The van der Waals surface area contributed by atoms with Gasteiger partial charge in [0.25, 0.3) is 0 Å². The molecule has 0 atom stereocenters. The van der Waals surface area contributed by atoms with Crippen LogP contribution in [0.5, 0.6) is 5.75 Å². The van der Waals surface area contributed by atoms with Crippen molar-refractivity contribution in [3.8, 4) is 5.75 Å². The highest BCUT2D eigenvalue weighted by Crippen LogP contribution is 2.25. The first-order valence-electron chi connectivity index (χ1n) is 5.08. The lowest BCUT2D eigenvalue weighted by atomic mass is 9.80. The Hall–Kier alpha value is -0.705. The van der Waals surface area contributed by atoms with Gasteiger partial charge in [-0.05, 0) is 23.0 Å². The van der Waals surface area contributed by atoms with Crippen LogP contribution in [-0.2, 0) is 0 Å². The molecule has 5 heteroatoms. The minimum Gasteiger partial charge on any atom is -0.492 e. The van der Waals surface area contributed by atoms with Crippen LogP contribution in [0.4, 0.5) is 0 Å². The highest BCUT2D eigenvalue weighted by Gasteiger charge is 2.16. The standard InChI is InChI=1S/C11H16BClO3/c1-11(2,3)7-16-10-6-8(12(14)15)4-5-9(10)13/h4-6,14-15H,7H2,1-3H3. The fraction of sp³-hybridized carbons (Fsp3) is 0.455. The van der Waals surface area contributed by atoms with Gasteiger partial charge in [-0.25, -0.2) is 0 Å². The Balaban J connectivity index is 2.82. The summed E-state index contributed by atoms with van der Waals surface area (Å²) in [7, 11) is -1.51. The van der Waals surface area contributed by atoms with E-state index in [0.29, 0.717) is 22.8 Å². The molecule has 88 valence electrons. The fourth-order valence-electron chi connectivity index (χ4n) is 1.09. The molecule has 3 nitrogen and oxygen atoms in total. The maximum Gasteiger partial charge on any atom is 0.488 e. The molecular weight excluding hydrogens is 226 g/mol. The molecule has 1 rings (SSSR count). The molecule has 0 bridgehead atoms. The first kappa shape index (κ1) is 13.4. The van der Waals surface area contributed by atoms with Gasteiger partial charge in [0.05, 0.1) is 11.6 Å². The third-order valence-corrected chi connectivity index (χ3v) is 2.23. The highest BCUT2D eigenvalue weighted by molar-refractivity contribution is 6.58. The van der Waals surface area contributed by atoms with E-state index in [4.69, 9.17) is 26.4 Å². The van der Waals surface area contributed by atoms with Crippen molar-refractivity contribution in [2.24, 2.45) is 5.41 Å². The summed E-state index contributed by atoms with van der Waals surface area (Å²) in [5.74, 6) is 0.474. The van der Waals surface area contributed by atoms with E-state index >= 15 is 0 Å². The quantitative estimate of drug-likeness (QED) is 0.789. The summed E-state index contributed by atoms with van der Waals surface area (Å²) in [6.07, 6.45) is 0. The summed E-state index contributed by atoms with van der Waals surface area (Å²) >= 11 is 5.94. The van der Waals surface area contributed by atoms with Crippen molar-refractivity contribution >= 4 is 24.2 Å². The molecule has 0 amide bonds. The van der Waals surface area contributed by atoms with Crippen molar-refractivity contribution in [3.05, 3.63) is 23.2 Å². The smallest absolute Gasteiger partial charge is 0.488 e. The van der Waals surface area contributed by atoms with Gasteiger partial charge in [-0.1, -0.05) is 38.4 Å². The zero-order chi connectivity index (χ0) is 12.3. The second-order valence-corrected chi connectivity index (χ2v) is 5.32. The fourth-order valence-corrected chi connectivity index (χ4v) is 1.26. The molecular formula is C11H16BClO3. The van der Waals surface area contributed by atoms with E-state index in [1.165, 1.54) is 0 Å². The normalized spacial score (nSPS) is 11.4. The van der Waals surface area contributed by atoms with Gasteiger partial charge in [-0.2, -0.15) is 0 Å². The van der Waals surface area contributed by atoms with Crippen LogP contribution >= 0.6 is 11.6 Å². The average molecular weight is 243 g/mol. The molecule has 0 saturated heterocycles. The van der Waals surface area contributed by atoms with Crippen molar-refractivity contribution in [2.75, 3.05) is 6.61 Å². The third-order valence-electron chi connectivity index (χ3n) is 1.91. The van der Waals surface area contributed by atoms with Crippen molar-refractivity contribution < 1.29 is 14.8 Å². The summed E-state index contributed by atoms with van der Waals surface area (Å²) in [4.78, 5) is 0. The average Bonchev–Trinajstić information content (AvgIpc) is 2.14. The minimum atomic E-state index is -1.51. The second-order valence-electron chi connectivity index (χ2n) is 4.91. The molecule has 0 fully saturated rings. The molecule has 1 aromatic rings. The van der Waals surface area contributed by atoms with Crippen LogP contribution in [0.3, 0.4) is 0 Å². The van der Waals surface area contributed by atoms with Gasteiger partial charge in [0.2, 0.25) is 0 Å². The summed E-state index contributed by atoms with van der Waals surface area (Å²) in [5.41, 5.74) is 0.394. The van der Waals surface area contributed by atoms with E-state index in [0.717, 1.165) is 0 Å². The Morgan fingerprint density at radius 1 is 1.31 bits per heavy atom. The van der Waals surface area contributed by atoms with Gasteiger partial charge in [0, 0.05) is 0 Å². The maximum atomic E-state index is 9.02. The highest BCUT2D eigenvalue weighted by atomic mass is 35.5. The maximum absolute atomic E-state index is 9.02. The van der Waals surface area contributed by atoms with Crippen LogP contribution in [0.15, 0.2) is 18.2 Å². The second kappa shape index (κ2) is 5.08. The number of hydrogen-bond acceptors (Lipinski definition) is 3. The summed E-state index contributed by atoms with van der Waals surface area (Å²) < 4.78 is 5.54. The molecule has 0 aromatic heterocycles. The Bertz CT molecular complexity index is 361. The molecule has 0 unspecified atom stereocenters. The van der Waals surface area contributed by atoms with Crippen molar-refractivity contribution in [1.82, 2.24) is 0 Å². The van der Waals surface area contributed by atoms with Crippen molar-refractivity contribution in [2.45, 2.75) is 20.8 Å². The number of ether oxygens (including phenoxy) is 1. The molecule has 1 aromatic carbocycles. The zero-order valence-electron chi connectivity index (χ0n) is 9.70. The summed E-state index contributed by atoms with van der Waals surface area (Å²) in [5, 5.41) is 18.5. The molecule has 0 saturated carbocycles. The molecule has 0 heterocycles.